The monoisotopic (exact) mass is 812 g/mol. The van der Waals surface area contributed by atoms with Gasteiger partial charge < -0.3 is 40.2 Å². The number of nitrogens with zero attached hydrogens (tertiary/aromatic N) is 4. The molecule has 0 aromatic heterocycles. The molecule has 12 nitrogen and oxygen atoms in total. The molecule has 0 saturated carbocycles. The number of hydrogen-bond donors (Lipinski definition) is 4. The summed E-state index contributed by atoms with van der Waals surface area (Å²) in [6, 6.07) is 31.5. The summed E-state index contributed by atoms with van der Waals surface area (Å²) in [5.74, 6) is 4.91. The zero-order valence-electron chi connectivity index (χ0n) is 34.7. The molecular formula is C48H60N8O4. The third-order valence-electron chi connectivity index (χ3n) is 11.1. The van der Waals surface area contributed by atoms with E-state index in [4.69, 9.17) is 53.1 Å². The first-order chi connectivity index (χ1) is 29.3. The minimum absolute atomic E-state index is 0.0739. The van der Waals surface area contributed by atoms with Gasteiger partial charge in [0.1, 0.15) is 34.7 Å². The number of nitrogen functional groups attached to an aromatic ring is 2. The summed E-state index contributed by atoms with van der Waals surface area (Å²) in [5, 5.41) is 23.7. The lowest BCUT2D eigenvalue weighted by Gasteiger charge is -2.31. The number of piperidine rings is 2. The molecule has 0 unspecified atom stereocenters. The lowest BCUT2D eigenvalue weighted by Crippen LogP contribution is -2.35. The zero-order chi connectivity index (χ0) is 42.4. The lowest BCUT2D eigenvalue weighted by molar-refractivity contribution is 0.154. The van der Waals surface area contributed by atoms with Gasteiger partial charge in [0.25, 0.3) is 0 Å². The van der Waals surface area contributed by atoms with E-state index in [9.17, 15) is 0 Å². The van der Waals surface area contributed by atoms with Gasteiger partial charge >= 0.3 is 0 Å². The normalized spacial score (nSPS) is 14.8. The van der Waals surface area contributed by atoms with E-state index in [2.05, 4.69) is 20.7 Å². The maximum absolute atomic E-state index is 8.82. The second kappa shape index (κ2) is 24.8. The van der Waals surface area contributed by atoms with E-state index in [0.717, 1.165) is 113 Å². The second-order valence-electron chi connectivity index (χ2n) is 15.4. The van der Waals surface area contributed by atoms with Gasteiger partial charge in [0.05, 0.1) is 44.6 Å². The fourth-order valence-electron chi connectivity index (χ4n) is 7.34. The van der Waals surface area contributed by atoms with Gasteiger partial charge in [-0.05, 0) is 174 Å². The van der Waals surface area contributed by atoms with Crippen molar-refractivity contribution in [1.82, 2.24) is 9.80 Å². The van der Waals surface area contributed by atoms with Gasteiger partial charge in [-0.1, -0.05) is 12.1 Å². The first kappa shape index (κ1) is 45.0. The van der Waals surface area contributed by atoms with Crippen LogP contribution in [0.1, 0.15) is 68.1 Å². The van der Waals surface area contributed by atoms with Gasteiger partial charge in [-0.2, -0.15) is 5.26 Å². The molecule has 12 heteroatoms. The van der Waals surface area contributed by atoms with Crippen LogP contribution in [-0.2, 0) is 0 Å². The Kier molecular flexibility index (Phi) is 18.6. The third kappa shape index (κ3) is 15.9. The van der Waals surface area contributed by atoms with Crippen LogP contribution in [0.15, 0.2) is 97.1 Å². The van der Waals surface area contributed by atoms with Gasteiger partial charge in [-0.15, -0.1) is 0 Å². The van der Waals surface area contributed by atoms with E-state index in [-0.39, 0.29) is 11.7 Å². The zero-order valence-corrected chi connectivity index (χ0v) is 34.7. The van der Waals surface area contributed by atoms with Crippen LogP contribution in [0.5, 0.6) is 23.0 Å². The van der Waals surface area contributed by atoms with Gasteiger partial charge in [0.15, 0.2) is 5.69 Å². The van der Waals surface area contributed by atoms with Crippen molar-refractivity contribution in [3.8, 4) is 29.1 Å². The van der Waals surface area contributed by atoms with Gasteiger partial charge in [0.2, 0.25) is 0 Å². The Balaban J connectivity index is 0.000000228. The van der Waals surface area contributed by atoms with Crippen molar-refractivity contribution in [3.63, 3.8) is 0 Å². The van der Waals surface area contributed by atoms with Crippen molar-refractivity contribution in [2.75, 3.05) is 65.7 Å². The fraction of sp³-hybridized carbons (Fsp3) is 0.417. The minimum atomic E-state index is 0.0739. The van der Waals surface area contributed by atoms with Crippen molar-refractivity contribution >= 4 is 17.4 Å². The molecule has 0 spiro atoms. The van der Waals surface area contributed by atoms with E-state index < -0.39 is 0 Å². The Labute approximate surface area is 355 Å². The van der Waals surface area contributed by atoms with Gasteiger partial charge in [-0.25, -0.2) is 4.85 Å². The molecule has 60 heavy (non-hydrogen) atoms. The summed E-state index contributed by atoms with van der Waals surface area (Å²) >= 11 is 0. The molecule has 4 aromatic rings. The predicted octanol–water partition coefficient (Wildman–Crippen LogP) is 8.26. The van der Waals surface area contributed by atoms with Crippen LogP contribution in [-0.4, -0.2) is 87.2 Å². The van der Waals surface area contributed by atoms with Crippen LogP contribution in [0.3, 0.4) is 0 Å². The van der Waals surface area contributed by atoms with Gasteiger partial charge in [0, 0.05) is 24.2 Å². The molecule has 316 valence electrons. The number of benzene rings is 4. The number of nitrogens with one attached hydrogen (secondary N) is 2. The molecule has 0 aliphatic carbocycles. The number of ether oxygens (including phenoxy) is 4. The summed E-state index contributed by atoms with van der Waals surface area (Å²) in [6.07, 6.45) is 9.01. The molecular weight excluding hydrogens is 753 g/mol. The molecule has 0 atom stereocenters. The number of nitrogens with two attached hydrogens (primary N) is 2. The fourth-order valence-corrected chi connectivity index (χ4v) is 7.34. The van der Waals surface area contributed by atoms with Crippen LogP contribution in [0, 0.1) is 40.6 Å². The largest absolute Gasteiger partial charge is 0.494 e. The average molecular weight is 813 g/mol. The van der Waals surface area contributed by atoms with Crippen LogP contribution in [0.4, 0.5) is 5.69 Å². The number of amidine groups is 2. The molecule has 2 aliphatic heterocycles. The first-order valence-electron chi connectivity index (χ1n) is 21.1. The minimum Gasteiger partial charge on any atom is -0.494 e. The molecule has 2 heterocycles. The number of likely N-dealkylation sites (tertiary alicyclic amines) is 2. The first-order valence-corrected chi connectivity index (χ1v) is 21.1. The molecule has 2 aliphatic rings. The van der Waals surface area contributed by atoms with Crippen molar-refractivity contribution in [3.05, 3.63) is 125 Å². The smallest absolute Gasteiger partial charge is 0.187 e. The van der Waals surface area contributed by atoms with Crippen molar-refractivity contribution in [1.29, 1.82) is 16.1 Å². The van der Waals surface area contributed by atoms with Crippen LogP contribution >= 0.6 is 0 Å². The van der Waals surface area contributed by atoms with Crippen molar-refractivity contribution < 1.29 is 18.9 Å². The van der Waals surface area contributed by atoms with E-state index in [0.29, 0.717) is 35.9 Å². The Bertz CT molecular complexity index is 1960. The highest BCUT2D eigenvalue weighted by atomic mass is 16.5. The molecule has 0 amide bonds. The summed E-state index contributed by atoms with van der Waals surface area (Å²) < 4.78 is 23.2. The van der Waals surface area contributed by atoms with Crippen LogP contribution < -0.4 is 30.4 Å². The molecule has 0 radical (unpaired) electrons. The highest BCUT2D eigenvalue weighted by Crippen LogP contribution is 2.24. The molecule has 6 N–H and O–H groups in total. The van der Waals surface area contributed by atoms with E-state index >= 15 is 0 Å². The highest BCUT2D eigenvalue weighted by molar-refractivity contribution is 5.95. The summed E-state index contributed by atoms with van der Waals surface area (Å²) in [7, 11) is 0. The standard InChI is InChI=1S/C24H33N5O2.C24H27N3O2/c25-23(26)19-2-6-21(7-3-19)30-16-1-13-29-14-10-18(11-15-29)12-17-31-22-8-4-20(5-9-22)24(27)28;1-26-22-5-9-24(10-6-22)28-17-2-14-27-15-11-20(12-16-27)13-18-29-23-7-3-21(19-25)4-8-23/h2-9,18H,1,10-17H2,(H3,25,26)(H3,27,28);3-10,20H,2,11-18H2. The topological polar surface area (TPSA) is 171 Å². The molecule has 2 fully saturated rings. The number of nitriles is 1. The Morgan fingerprint density at radius 2 is 0.933 bits per heavy atom. The Morgan fingerprint density at radius 3 is 1.28 bits per heavy atom. The molecule has 0 bridgehead atoms. The number of rotatable bonds is 20. The van der Waals surface area contributed by atoms with E-state index in [1.54, 1.807) is 24.3 Å². The maximum Gasteiger partial charge on any atom is 0.187 e. The van der Waals surface area contributed by atoms with Crippen molar-refractivity contribution in [2.24, 2.45) is 23.3 Å². The average Bonchev–Trinajstić information content (AvgIpc) is 3.28. The Morgan fingerprint density at radius 1 is 0.583 bits per heavy atom. The third-order valence-corrected chi connectivity index (χ3v) is 11.1. The molecule has 2 saturated heterocycles. The van der Waals surface area contributed by atoms with Crippen LogP contribution in [0.25, 0.3) is 4.85 Å². The van der Waals surface area contributed by atoms with E-state index in [1.165, 1.54) is 25.7 Å². The lowest BCUT2D eigenvalue weighted by atomic mass is 9.94. The predicted molar refractivity (Wildman–Crippen MR) is 238 cm³/mol. The van der Waals surface area contributed by atoms with Crippen LogP contribution in [0.2, 0.25) is 0 Å². The maximum atomic E-state index is 8.82. The Hall–Kier alpha value is -6.08. The quantitative estimate of drug-likeness (QED) is 0.0297. The summed E-state index contributed by atoms with van der Waals surface area (Å²) in [4.78, 5) is 8.42. The second-order valence-corrected chi connectivity index (χ2v) is 15.4. The van der Waals surface area contributed by atoms with Gasteiger partial charge in [-0.3, -0.25) is 10.8 Å². The molecule has 6 rings (SSSR count). The van der Waals surface area contributed by atoms with Crippen molar-refractivity contribution in [2.45, 2.75) is 51.4 Å². The SMILES string of the molecule is N=C(N)c1ccc(OCCCN2CCC(CCOc3ccc(C(=N)N)cc3)CC2)cc1.[C-]#[N+]c1ccc(OCCCN2CCC(CCOc3ccc(C#N)cc3)CC2)cc1. The van der Waals surface area contributed by atoms with E-state index in [1.807, 2.05) is 72.8 Å². The summed E-state index contributed by atoms with van der Waals surface area (Å²) in [6.45, 7) is 16.5. The highest BCUT2D eigenvalue weighted by Gasteiger charge is 2.20. The summed E-state index contributed by atoms with van der Waals surface area (Å²) in [5.41, 5.74) is 13.7. The molecule has 4 aromatic carbocycles. The number of hydrogen-bond acceptors (Lipinski definition) is 9.